The van der Waals surface area contributed by atoms with Gasteiger partial charge in [0, 0.05) is 11.6 Å². The highest BCUT2D eigenvalue weighted by Gasteiger charge is 2.18. The van der Waals surface area contributed by atoms with Gasteiger partial charge < -0.3 is 19.3 Å². The molecule has 0 aliphatic heterocycles. The molecule has 118 valence electrons. The number of hydrogen-bond donors (Lipinski definition) is 1. The molecule has 0 aromatic carbocycles. The second-order valence-electron chi connectivity index (χ2n) is 4.78. The Labute approximate surface area is 122 Å². The molecule has 1 N–H and O–H groups in total. The van der Waals surface area contributed by atoms with Gasteiger partial charge in [-0.15, -0.1) is 0 Å². The summed E-state index contributed by atoms with van der Waals surface area (Å²) in [7, 11) is 0. The minimum atomic E-state index is -1.23. The number of aliphatic carboxylic acids is 1. The summed E-state index contributed by atoms with van der Waals surface area (Å²) < 4.78 is 14.6. The molecular formula is C14H20O7. The van der Waals surface area contributed by atoms with Crippen molar-refractivity contribution in [2.75, 3.05) is 13.2 Å². The number of rotatable bonds is 6. The van der Waals surface area contributed by atoms with Crippen molar-refractivity contribution in [3.8, 4) is 0 Å². The standard InChI is InChI=1S/C14H20O7/c1-10(9-12(15)16)13(17)19-7-8-20-14(18)21-11-5-3-2-4-6-11/h9,11H,2-8H2,1H3,(H,15,16). The summed E-state index contributed by atoms with van der Waals surface area (Å²) in [6.45, 7) is 1.05. The number of carbonyl (C=O) groups is 3. The predicted molar refractivity (Wildman–Crippen MR) is 71.7 cm³/mol. The van der Waals surface area contributed by atoms with Crippen LogP contribution in [0, 0.1) is 0 Å². The smallest absolute Gasteiger partial charge is 0.478 e. The van der Waals surface area contributed by atoms with E-state index in [-0.39, 0.29) is 24.9 Å². The highest BCUT2D eigenvalue weighted by atomic mass is 16.7. The number of carboxylic acid groups (broad SMARTS) is 1. The first-order valence-corrected chi connectivity index (χ1v) is 6.91. The Hall–Kier alpha value is -2.05. The van der Waals surface area contributed by atoms with E-state index in [4.69, 9.17) is 19.3 Å². The summed E-state index contributed by atoms with van der Waals surface area (Å²) in [5.74, 6) is -1.99. The first-order chi connectivity index (χ1) is 9.99. The van der Waals surface area contributed by atoms with Gasteiger partial charge in [-0.25, -0.2) is 14.4 Å². The van der Waals surface area contributed by atoms with E-state index in [1.807, 2.05) is 0 Å². The third-order valence-corrected chi connectivity index (χ3v) is 3.01. The van der Waals surface area contributed by atoms with Crippen molar-refractivity contribution in [2.45, 2.75) is 45.1 Å². The van der Waals surface area contributed by atoms with Gasteiger partial charge in [0.2, 0.25) is 0 Å². The first-order valence-electron chi connectivity index (χ1n) is 6.91. The van der Waals surface area contributed by atoms with Crippen LogP contribution in [0.4, 0.5) is 4.79 Å². The zero-order valence-corrected chi connectivity index (χ0v) is 12.0. The minimum absolute atomic E-state index is 0.0349. The quantitative estimate of drug-likeness (QED) is 0.455. The van der Waals surface area contributed by atoms with Crippen LogP contribution in [0.1, 0.15) is 39.0 Å². The third kappa shape index (κ3) is 7.34. The van der Waals surface area contributed by atoms with Gasteiger partial charge in [0.25, 0.3) is 0 Å². The molecule has 21 heavy (non-hydrogen) atoms. The molecule has 0 aromatic rings. The molecule has 1 fully saturated rings. The van der Waals surface area contributed by atoms with E-state index in [1.165, 1.54) is 6.92 Å². The van der Waals surface area contributed by atoms with Crippen molar-refractivity contribution in [3.63, 3.8) is 0 Å². The van der Waals surface area contributed by atoms with E-state index >= 15 is 0 Å². The number of carboxylic acids is 1. The fourth-order valence-electron chi connectivity index (χ4n) is 1.97. The largest absolute Gasteiger partial charge is 0.508 e. The first kappa shape index (κ1) is 17.0. The lowest BCUT2D eigenvalue weighted by molar-refractivity contribution is -0.141. The highest BCUT2D eigenvalue weighted by Crippen LogP contribution is 2.20. The molecule has 0 saturated heterocycles. The van der Waals surface area contributed by atoms with Crippen LogP contribution in [-0.4, -0.2) is 42.5 Å². The van der Waals surface area contributed by atoms with E-state index in [2.05, 4.69) is 0 Å². The van der Waals surface area contributed by atoms with E-state index < -0.39 is 18.1 Å². The zero-order chi connectivity index (χ0) is 15.7. The van der Waals surface area contributed by atoms with Gasteiger partial charge in [-0.3, -0.25) is 0 Å². The zero-order valence-electron chi connectivity index (χ0n) is 12.0. The SMILES string of the molecule is CC(=CC(=O)O)C(=O)OCCOC(=O)OC1CCCCC1. The van der Waals surface area contributed by atoms with Crippen LogP contribution in [0.5, 0.6) is 0 Å². The van der Waals surface area contributed by atoms with Crippen molar-refractivity contribution in [3.05, 3.63) is 11.6 Å². The second-order valence-corrected chi connectivity index (χ2v) is 4.78. The van der Waals surface area contributed by atoms with Gasteiger partial charge in [0.05, 0.1) is 0 Å². The molecule has 0 bridgehead atoms. The molecule has 0 heterocycles. The molecule has 0 aromatic heterocycles. The molecule has 1 aliphatic rings. The summed E-state index contributed by atoms with van der Waals surface area (Å²) in [6.07, 6.45) is 4.85. The van der Waals surface area contributed by atoms with Gasteiger partial charge in [-0.2, -0.15) is 0 Å². The maximum absolute atomic E-state index is 11.4. The Bertz CT molecular complexity index is 408. The molecular weight excluding hydrogens is 280 g/mol. The molecule has 1 rings (SSSR count). The van der Waals surface area contributed by atoms with E-state index in [0.29, 0.717) is 0 Å². The number of hydrogen-bond acceptors (Lipinski definition) is 6. The van der Waals surface area contributed by atoms with Gasteiger partial charge in [-0.05, 0) is 32.6 Å². The molecule has 0 unspecified atom stereocenters. The van der Waals surface area contributed by atoms with Crippen LogP contribution in [0.2, 0.25) is 0 Å². The van der Waals surface area contributed by atoms with E-state index in [9.17, 15) is 14.4 Å². The summed E-state index contributed by atoms with van der Waals surface area (Å²) in [6, 6.07) is 0. The van der Waals surface area contributed by atoms with Crippen molar-refractivity contribution >= 4 is 18.1 Å². The number of esters is 1. The molecule has 0 atom stereocenters. The molecule has 0 radical (unpaired) electrons. The number of carbonyl (C=O) groups excluding carboxylic acids is 2. The fraction of sp³-hybridized carbons (Fsp3) is 0.643. The summed E-state index contributed by atoms with van der Waals surface area (Å²) >= 11 is 0. The van der Waals surface area contributed by atoms with Crippen molar-refractivity contribution in [1.82, 2.24) is 0 Å². The van der Waals surface area contributed by atoms with Crippen LogP contribution >= 0.6 is 0 Å². The van der Waals surface area contributed by atoms with E-state index in [1.54, 1.807) is 0 Å². The van der Waals surface area contributed by atoms with Gasteiger partial charge in [0.15, 0.2) is 0 Å². The average Bonchev–Trinajstić information content (AvgIpc) is 2.43. The topological polar surface area (TPSA) is 99.1 Å². The molecule has 7 nitrogen and oxygen atoms in total. The lowest BCUT2D eigenvalue weighted by Crippen LogP contribution is -2.23. The van der Waals surface area contributed by atoms with Gasteiger partial charge in [0.1, 0.15) is 19.3 Å². The Kier molecular flexibility index (Phi) is 7.28. The van der Waals surface area contributed by atoms with Crippen molar-refractivity contribution in [2.24, 2.45) is 0 Å². The maximum atomic E-state index is 11.4. The maximum Gasteiger partial charge on any atom is 0.508 e. The van der Waals surface area contributed by atoms with E-state index in [0.717, 1.165) is 38.2 Å². The predicted octanol–water partition coefficient (Wildman–Crippen LogP) is 2.05. The minimum Gasteiger partial charge on any atom is -0.478 e. The Balaban J connectivity index is 2.14. The monoisotopic (exact) mass is 300 g/mol. The lowest BCUT2D eigenvalue weighted by Gasteiger charge is -2.21. The van der Waals surface area contributed by atoms with Gasteiger partial charge in [-0.1, -0.05) is 6.42 Å². The Morgan fingerprint density at radius 1 is 1.10 bits per heavy atom. The van der Waals surface area contributed by atoms with Crippen LogP contribution in [0.25, 0.3) is 0 Å². The fourth-order valence-corrected chi connectivity index (χ4v) is 1.97. The normalized spacial score (nSPS) is 16.1. The third-order valence-electron chi connectivity index (χ3n) is 3.01. The molecule has 0 spiro atoms. The van der Waals surface area contributed by atoms with Crippen LogP contribution in [0.15, 0.2) is 11.6 Å². The highest BCUT2D eigenvalue weighted by molar-refractivity contribution is 5.95. The Morgan fingerprint density at radius 3 is 2.33 bits per heavy atom. The molecule has 0 amide bonds. The molecule has 1 aliphatic carbocycles. The van der Waals surface area contributed by atoms with Crippen molar-refractivity contribution < 1.29 is 33.7 Å². The van der Waals surface area contributed by atoms with Crippen LogP contribution in [0.3, 0.4) is 0 Å². The van der Waals surface area contributed by atoms with Crippen LogP contribution < -0.4 is 0 Å². The molecule has 1 saturated carbocycles. The second kappa shape index (κ2) is 8.99. The van der Waals surface area contributed by atoms with Crippen LogP contribution in [-0.2, 0) is 23.8 Å². The number of ether oxygens (including phenoxy) is 3. The summed E-state index contributed by atoms with van der Waals surface area (Å²) in [5, 5.41) is 8.46. The lowest BCUT2D eigenvalue weighted by atomic mass is 9.98. The summed E-state index contributed by atoms with van der Waals surface area (Å²) in [5.41, 5.74) is -0.0349. The summed E-state index contributed by atoms with van der Waals surface area (Å²) in [4.78, 5) is 33.0. The Morgan fingerprint density at radius 2 is 1.71 bits per heavy atom. The average molecular weight is 300 g/mol. The van der Waals surface area contributed by atoms with Gasteiger partial charge >= 0.3 is 18.1 Å². The molecule has 7 heteroatoms. The van der Waals surface area contributed by atoms with Crippen molar-refractivity contribution in [1.29, 1.82) is 0 Å².